The topological polar surface area (TPSA) is 64.4 Å². The molecule has 3 aromatic rings. The van der Waals surface area contributed by atoms with Crippen molar-refractivity contribution in [2.45, 2.75) is 26.3 Å². The lowest BCUT2D eigenvalue weighted by Gasteiger charge is -2.29. The summed E-state index contributed by atoms with van der Waals surface area (Å²) < 4.78 is 6.88. The molecule has 1 aliphatic heterocycles. The first-order chi connectivity index (χ1) is 14.5. The Kier molecular flexibility index (Phi) is 5.86. The molecule has 0 spiro atoms. The van der Waals surface area contributed by atoms with Crippen molar-refractivity contribution in [2.75, 3.05) is 18.1 Å². The number of aromatic nitrogens is 2. The second-order valence-corrected chi connectivity index (χ2v) is 7.61. The molecule has 7 heteroatoms. The summed E-state index contributed by atoms with van der Waals surface area (Å²) in [5.41, 5.74) is 3.69. The normalized spacial score (nSPS) is 13.1. The molecule has 0 N–H and O–H groups in total. The number of hydrogen-bond acceptors (Lipinski definition) is 4. The van der Waals surface area contributed by atoms with Crippen LogP contribution in [0.5, 0.6) is 0 Å². The number of halogens is 1. The van der Waals surface area contributed by atoms with Crippen LogP contribution in [0.4, 0.5) is 5.69 Å². The molecule has 154 valence electrons. The number of carbonyl (C=O) groups excluding carboxylic acids is 2. The van der Waals surface area contributed by atoms with E-state index in [0.717, 1.165) is 29.7 Å². The number of anilines is 1. The van der Waals surface area contributed by atoms with Crippen molar-refractivity contribution in [1.82, 2.24) is 9.78 Å². The molecule has 30 heavy (non-hydrogen) atoms. The fourth-order valence-corrected chi connectivity index (χ4v) is 4.03. The summed E-state index contributed by atoms with van der Waals surface area (Å²) in [5, 5.41) is 4.57. The Bertz CT molecular complexity index is 1080. The number of rotatable bonds is 5. The second kappa shape index (κ2) is 8.71. The molecule has 2 aromatic carbocycles. The minimum absolute atomic E-state index is 0.194. The van der Waals surface area contributed by atoms with E-state index in [9.17, 15) is 9.59 Å². The summed E-state index contributed by atoms with van der Waals surface area (Å²) in [6.45, 7) is 2.42. The van der Waals surface area contributed by atoms with Crippen LogP contribution in [-0.4, -0.2) is 34.8 Å². The van der Waals surface area contributed by atoms with E-state index in [1.165, 1.54) is 0 Å². The molecule has 0 bridgehead atoms. The van der Waals surface area contributed by atoms with Gasteiger partial charge < -0.3 is 9.64 Å². The van der Waals surface area contributed by atoms with Gasteiger partial charge in [0, 0.05) is 12.2 Å². The molecule has 6 nitrogen and oxygen atoms in total. The van der Waals surface area contributed by atoms with Gasteiger partial charge in [-0.15, -0.1) is 0 Å². The zero-order chi connectivity index (χ0) is 21.1. The number of aryl methyl sites for hydroxylation is 2. The standard InChI is InChI=1S/C23H22ClN3O3/c1-16-21(22(24)27(25-16)14-17-8-3-2-4-9-17)23(29)30-15-20(28)26-13-7-11-18-10-5-6-12-19(18)26/h2-6,8-10,12H,7,11,13-15H2,1H3. The van der Waals surface area contributed by atoms with Crippen LogP contribution in [0.15, 0.2) is 54.6 Å². The molecule has 0 saturated heterocycles. The van der Waals surface area contributed by atoms with Crippen LogP contribution in [0.1, 0.15) is 33.6 Å². The lowest BCUT2D eigenvalue weighted by molar-refractivity contribution is -0.121. The molecule has 0 saturated carbocycles. The van der Waals surface area contributed by atoms with E-state index in [2.05, 4.69) is 5.10 Å². The zero-order valence-electron chi connectivity index (χ0n) is 16.7. The summed E-state index contributed by atoms with van der Waals surface area (Å²) in [6, 6.07) is 17.5. The molecule has 0 fully saturated rings. The summed E-state index contributed by atoms with van der Waals surface area (Å²) >= 11 is 6.41. The number of carbonyl (C=O) groups is 2. The highest BCUT2D eigenvalue weighted by Crippen LogP contribution is 2.27. The highest BCUT2D eigenvalue weighted by Gasteiger charge is 2.26. The fourth-order valence-electron chi connectivity index (χ4n) is 3.72. The average molecular weight is 424 g/mol. The zero-order valence-corrected chi connectivity index (χ0v) is 17.4. The van der Waals surface area contributed by atoms with E-state index in [1.54, 1.807) is 16.5 Å². The van der Waals surface area contributed by atoms with Crippen LogP contribution < -0.4 is 4.90 Å². The monoisotopic (exact) mass is 423 g/mol. The van der Waals surface area contributed by atoms with Crippen molar-refractivity contribution < 1.29 is 14.3 Å². The van der Waals surface area contributed by atoms with Gasteiger partial charge in [-0.05, 0) is 37.0 Å². The summed E-state index contributed by atoms with van der Waals surface area (Å²) in [7, 11) is 0. The third-order valence-corrected chi connectivity index (χ3v) is 5.57. The number of para-hydroxylation sites is 1. The summed E-state index contributed by atoms with van der Waals surface area (Å²) in [5.74, 6) is -0.892. The van der Waals surface area contributed by atoms with Crippen molar-refractivity contribution in [3.8, 4) is 0 Å². The predicted molar refractivity (Wildman–Crippen MR) is 115 cm³/mol. The predicted octanol–water partition coefficient (Wildman–Crippen LogP) is 4.03. The molecular formula is C23H22ClN3O3. The van der Waals surface area contributed by atoms with Crippen LogP contribution in [0.25, 0.3) is 0 Å². The van der Waals surface area contributed by atoms with Crippen molar-refractivity contribution in [2.24, 2.45) is 0 Å². The van der Waals surface area contributed by atoms with Crippen molar-refractivity contribution in [1.29, 1.82) is 0 Å². The van der Waals surface area contributed by atoms with Crippen LogP contribution in [0, 0.1) is 6.92 Å². The van der Waals surface area contributed by atoms with Crippen molar-refractivity contribution in [3.63, 3.8) is 0 Å². The van der Waals surface area contributed by atoms with Gasteiger partial charge in [0.2, 0.25) is 0 Å². The molecule has 0 unspecified atom stereocenters. The first kappa shape index (κ1) is 20.2. The Morgan fingerprint density at radius 3 is 2.63 bits per heavy atom. The Labute approximate surface area is 180 Å². The largest absolute Gasteiger partial charge is 0.452 e. The van der Waals surface area contributed by atoms with Crippen molar-refractivity contribution >= 4 is 29.2 Å². The number of hydrogen-bond donors (Lipinski definition) is 0. The first-order valence-corrected chi connectivity index (χ1v) is 10.2. The van der Waals surface area contributed by atoms with Gasteiger partial charge in [0.1, 0.15) is 10.7 Å². The van der Waals surface area contributed by atoms with Crippen LogP contribution in [-0.2, 0) is 22.5 Å². The maximum Gasteiger partial charge on any atom is 0.343 e. The SMILES string of the molecule is Cc1nn(Cc2ccccc2)c(Cl)c1C(=O)OCC(=O)N1CCCc2ccccc21. The smallest absolute Gasteiger partial charge is 0.343 e. The van der Waals surface area contributed by atoms with E-state index in [4.69, 9.17) is 16.3 Å². The highest BCUT2D eigenvalue weighted by molar-refractivity contribution is 6.32. The van der Waals surface area contributed by atoms with Gasteiger partial charge in [-0.2, -0.15) is 5.10 Å². The minimum Gasteiger partial charge on any atom is -0.452 e. The van der Waals surface area contributed by atoms with Gasteiger partial charge in [0.15, 0.2) is 6.61 Å². The molecule has 1 aliphatic rings. The van der Waals surface area contributed by atoms with E-state index in [-0.39, 0.29) is 23.2 Å². The Hall–Kier alpha value is -3.12. The molecule has 1 amide bonds. The van der Waals surface area contributed by atoms with E-state index < -0.39 is 5.97 Å². The molecule has 0 radical (unpaired) electrons. The van der Waals surface area contributed by atoms with Gasteiger partial charge in [-0.25, -0.2) is 9.48 Å². The maximum atomic E-state index is 12.7. The third-order valence-electron chi connectivity index (χ3n) is 5.18. The molecule has 0 aliphatic carbocycles. The number of nitrogens with zero attached hydrogens (tertiary/aromatic N) is 3. The maximum absolute atomic E-state index is 12.7. The molecule has 1 aromatic heterocycles. The summed E-state index contributed by atoms with van der Waals surface area (Å²) in [6.07, 6.45) is 1.82. The number of fused-ring (bicyclic) bond motifs is 1. The lowest BCUT2D eigenvalue weighted by Crippen LogP contribution is -2.38. The average Bonchev–Trinajstić information content (AvgIpc) is 3.05. The Balaban J connectivity index is 1.44. The van der Waals surface area contributed by atoms with Crippen LogP contribution >= 0.6 is 11.6 Å². The van der Waals surface area contributed by atoms with Gasteiger partial charge in [-0.3, -0.25) is 4.79 Å². The van der Waals surface area contributed by atoms with E-state index in [0.29, 0.717) is 18.8 Å². The first-order valence-electron chi connectivity index (χ1n) is 9.87. The molecule has 0 atom stereocenters. The number of esters is 1. The quantitative estimate of drug-likeness (QED) is 0.581. The van der Waals surface area contributed by atoms with Gasteiger partial charge in [0.05, 0.1) is 12.2 Å². The molecular weight excluding hydrogens is 402 g/mol. The van der Waals surface area contributed by atoms with E-state index >= 15 is 0 Å². The fraction of sp³-hybridized carbons (Fsp3) is 0.261. The number of ether oxygens (including phenoxy) is 1. The van der Waals surface area contributed by atoms with E-state index in [1.807, 2.05) is 54.6 Å². The van der Waals surface area contributed by atoms with Gasteiger partial charge >= 0.3 is 5.97 Å². The Morgan fingerprint density at radius 1 is 1.10 bits per heavy atom. The van der Waals surface area contributed by atoms with Crippen LogP contribution in [0.3, 0.4) is 0 Å². The Morgan fingerprint density at radius 2 is 1.83 bits per heavy atom. The molecule has 2 heterocycles. The number of benzene rings is 2. The third kappa shape index (κ3) is 4.09. The van der Waals surface area contributed by atoms with Gasteiger partial charge in [-0.1, -0.05) is 60.1 Å². The molecule has 4 rings (SSSR count). The van der Waals surface area contributed by atoms with Crippen LogP contribution in [0.2, 0.25) is 5.15 Å². The minimum atomic E-state index is -0.643. The van der Waals surface area contributed by atoms with Crippen molar-refractivity contribution in [3.05, 3.63) is 82.1 Å². The number of amides is 1. The lowest BCUT2D eigenvalue weighted by atomic mass is 10.0. The summed E-state index contributed by atoms with van der Waals surface area (Å²) in [4.78, 5) is 27.0. The van der Waals surface area contributed by atoms with Gasteiger partial charge in [0.25, 0.3) is 5.91 Å². The highest BCUT2D eigenvalue weighted by atomic mass is 35.5. The second-order valence-electron chi connectivity index (χ2n) is 7.25.